The lowest BCUT2D eigenvalue weighted by molar-refractivity contribution is 1.51. The second-order valence-corrected chi connectivity index (χ2v) is 1.87. The van der Waals surface area contributed by atoms with E-state index in [4.69, 9.17) is 13.6 Å². The van der Waals surface area contributed by atoms with Gasteiger partial charge < -0.3 is 5.73 Å². The fraction of sp³-hybridized carbons (Fsp3) is 0. The highest BCUT2D eigenvalue weighted by Crippen LogP contribution is 2.08. The van der Waals surface area contributed by atoms with Gasteiger partial charge in [-0.3, -0.25) is 0 Å². The Hall–Kier alpha value is -1.25. The van der Waals surface area contributed by atoms with Gasteiger partial charge >= 0.3 is 0 Å². The largest absolute Gasteiger partial charge is 0.396 e. The predicted octanol–water partition coefficient (Wildman–Crippen LogP) is 0.801. The Bertz CT molecular complexity index is 227. The van der Waals surface area contributed by atoms with Crippen molar-refractivity contribution < 1.29 is 0 Å². The first-order chi connectivity index (χ1) is 4.79. The molecule has 1 aromatic carbocycles. The maximum Gasteiger partial charge on any atom is 0.166 e. The zero-order valence-corrected chi connectivity index (χ0v) is 5.49. The van der Waals surface area contributed by atoms with Gasteiger partial charge in [0, 0.05) is 5.73 Å². The molecule has 0 amide bonds. The molecule has 0 heterocycles. The predicted molar refractivity (Wildman–Crippen MR) is 43.5 cm³/mol. The van der Waals surface area contributed by atoms with Crippen molar-refractivity contribution in [2.45, 2.75) is 0 Å². The van der Waals surface area contributed by atoms with Gasteiger partial charge in [0.05, 0.1) is 5.69 Å². The molecule has 0 fully saturated rings. The highest BCUT2D eigenvalue weighted by Gasteiger charge is 1.83. The smallest absolute Gasteiger partial charge is 0.166 e. The van der Waals surface area contributed by atoms with Gasteiger partial charge in [0.25, 0.3) is 0 Å². The Balaban J connectivity index is 2.87. The van der Waals surface area contributed by atoms with Gasteiger partial charge in [-0.1, -0.05) is 18.2 Å². The van der Waals surface area contributed by atoms with Gasteiger partial charge in [-0.2, -0.15) is 0 Å². The lowest BCUT2D eigenvalue weighted by Crippen LogP contribution is -2.09. The molecule has 1 rings (SSSR count). The minimum Gasteiger partial charge on any atom is -0.396 e. The maximum atomic E-state index is 5.15. The molecule has 0 saturated heterocycles. The molecular formula is C7H7BN2. The molecule has 0 aromatic heterocycles. The molecule has 0 unspecified atom stereocenters. The highest BCUT2D eigenvalue weighted by molar-refractivity contribution is 6.58. The van der Waals surface area contributed by atoms with Crippen molar-refractivity contribution in [3.63, 3.8) is 0 Å². The van der Waals surface area contributed by atoms with Crippen LogP contribution in [0, 0.1) is 0 Å². The van der Waals surface area contributed by atoms with Crippen LogP contribution in [0.25, 0.3) is 0 Å². The number of amidine groups is 1. The molecular weight excluding hydrogens is 123 g/mol. The van der Waals surface area contributed by atoms with Crippen LogP contribution in [0.1, 0.15) is 0 Å². The molecule has 0 atom stereocenters. The minimum atomic E-state index is 0.0891. The first-order valence-corrected chi connectivity index (χ1v) is 2.94. The summed E-state index contributed by atoms with van der Waals surface area (Å²) in [5.74, 6) is 0. The Labute approximate surface area is 61.2 Å². The number of nitrogens with two attached hydrogens (primary N) is 1. The third-order valence-corrected chi connectivity index (χ3v) is 1.01. The monoisotopic (exact) mass is 130 g/mol. The van der Waals surface area contributed by atoms with Gasteiger partial charge in [-0.25, -0.2) is 4.99 Å². The van der Waals surface area contributed by atoms with Gasteiger partial charge in [-0.15, -0.1) is 0 Å². The number of hydrogen-bond acceptors (Lipinski definition) is 1. The molecule has 10 heavy (non-hydrogen) atoms. The summed E-state index contributed by atoms with van der Waals surface area (Å²) in [6.07, 6.45) is 0. The number of benzene rings is 1. The number of para-hydroxylation sites is 1. The topological polar surface area (TPSA) is 38.4 Å². The van der Waals surface area contributed by atoms with E-state index in [0.29, 0.717) is 0 Å². The van der Waals surface area contributed by atoms with Gasteiger partial charge in [0.15, 0.2) is 7.85 Å². The van der Waals surface area contributed by atoms with Gasteiger partial charge in [-0.05, 0) is 12.1 Å². The minimum absolute atomic E-state index is 0.0891. The third kappa shape index (κ3) is 1.93. The number of aliphatic imine (C=N–C) groups is 1. The zero-order chi connectivity index (χ0) is 7.40. The normalized spacial score (nSPS) is 11.4. The average Bonchev–Trinajstić information content (AvgIpc) is 1.88. The van der Waals surface area contributed by atoms with Crippen LogP contribution in [0.4, 0.5) is 5.69 Å². The van der Waals surface area contributed by atoms with Crippen LogP contribution < -0.4 is 5.73 Å². The molecule has 0 aliphatic carbocycles. The molecule has 3 heteroatoms. The van der Waals surface area contributed by atoms with E-state index in [1.165, 1.54) is 0 Å². The van der Waals surface area contributed by atoms with Gasteiger partial charge in [0.1, 0.15) is 0 Å². The maximum absolute atomic E-state index is 5.15. The van der Waals surface area contributed by atoms with E-state index < -0.39 is 0 Å². The van der Waals surface area contributed by atoms with E-state index in [1.807, 2.05) is 30.3 Å². The number of nitrogens with zero attached hydrogens (tertiary/aromatic N) is 1. The summed E-state index contributed by atoms with van der Waals surface area (Å²) >= 11 is 0. The van der Waals surface area contributed by atoms with Crippen molar-refractivity contribution in [3.8, 4) is 0 Å². The van der Waals surface area contributed by atoms with Crippen LogP contribution >= 0.6 is 0 Å². The van der Waals surface area contributed by atoms with Crippen molar-refractivity contribution >= 4 is 19.3 Å². The highest BCUT2D eigenvalue weighted by atomic mass is 14.8. The van der Waals surface area contributed by atoms with E-state index in [2.05, 4.69) is 4.99 Å². The first kappa shape index (κ1) is 6.87. The summed E-state index contributed by atoms with van der Waals surface area (Å²) in [5, 5.41) is 0. The standard InChI is InChI=1S/C7H7BN2/c8-7(9)10-6-4-2-1-3-5-6/h1-5H,(H2,9,10). The second kappa shape index (κ2) is 3.06. The fourth-order valence-electron chi connectivity index (χ4n) is 0.652. The van der Waals surface area contributed by atoms with Crippen LogP contribution in [0.3, 0.4) is 0 Å². The summed E-state index contributed by atoms with van der Waals surface area (Å²) in [6, 6.07) is 9.33. The van der Waals surface area contributed by atoms with Crippen LogP contribution in [0.2, 0.25) is 0 Å². The fourth-order valence-corrected chi connectivity index (χ4v) is 0.652. The SMILES string of the molecule is [B]C(N)=Nc1ccccc1. The van der Waals surface area contributed by atoms with Crippen LogP contribution in [0.15, 0.2) is 35.3 Å². The second-order valence-electron chi connectivity index (χ2n) is 1.87. The number of rotatable bonds is 1. The van der Waals surface area contributed by atoms with Crippen molar-refractivity contribution in [1.29, 1.82) is 0 Å². The van der Waals surface area contributed by atoms with Crippen molar-refractivity contribution in [2.24, 2.45) is 10.7 Å². The Morgan fingerprint density at radius 1 is 1.30 bits per heavy atom. The molecule has 2 nitrogen and oxygen atoms in total. The molecule has 0 aliphatic rings. The van der Waals surface area contributed by atoms with Crippen LogP contribution in [-0.2, 0) is 0 Å². The molecule has 0 saturated carbocycles. The zero-order valence-electron chi connectivity index (χ0n) is 5.49. The van der Waals surface area contributed by atoms with Gasteiger partial charge in [0.2, 0.25) is 0 Å². The lowest BCUT2D eigenvalue weighted by atomic mass is 10.1. The van der Waals surface area contributed by atoms with E-state index in [9.17, 15) is 0 Å². The summed E-state index contributed by atoms with van der Waals surface area (Å²) in [6.45, 7) is 0. The summed E-state index contributed by atoms with van der Waals surface area (Å²) in [5.41, 5.74) is 6.02. The molecule has 0 spiro atoms. The van der Waals surface area contributed by atoms with E-state index >= 15 is 0 Å². The Morgan fingerprint density at radius 3 is 2.40 bits per heavy atom. The van der Waals surface area contributed by atoms with E-state index in [-0.39, 0.29) is 5.73 Å². The Kier molecular flexibility index (Phi) is 2.10. The van der Waals surface area contributed by atoms with Crippen LogP contribution in [-0.4, -0.2) is 13.6 Å². The Morgan fingerprint density at radius 2 is 1.90 bits per heavy atom. The van der Waals surface area contributed by atoms with E-state index in [0.717, 1.165) is 5.69 Å². The summed E-state index contributed by atoms with van der Waals surface area (Å²) in [4.78, 5) is 3.83. The summed E-state index contributed by atoms with van der Waals surface area (Å²) in [7, 11) is 5.15. The summed E-state index contributed by atoms with van der Waals surface area (Å²) < 4.78 is 0. The first-order valence-electron chi connectivity index (χ1n) is 2.94. The number of hydrogen-bond donors (Lipinski definition) is 1. The average molecular weight is 130 g/mol. The molecule has 1 aromatic rings. The van der Waals surface area contributed by atoms with Crippen LogP contribution in [0.5, 0.6) is 0 Å². The molecule has 0 aliphatic heterocycles. The molecule has 2 N–H and O–H groups in total. The van der Waals surface area contributed by atoms with Crippen molar-refractivity contribution in [1.82, 2.24) is 0 Å². The van der Waals surface area contributed by atoms with E-state index in [1.54, 1.807) is 0 Å². The molecule has 2 radical (unpaired) electrons. The van der Waals surface area contributed by atoms with Crippen molar-refractivity contribution in [2.75, 3.05) is 0 Å². The quantitative estimate of drug-likeness (QED) is 0.340. The molecule has 48 valence electrons. The lowest BCUT2D eigenvalue weighted by Gasteiger charge is -1.91. The molecule has 0 bridgehead atoms. The van der Waals surface area contributed by atoms with Crippen molar-refractivity contribution in [3.05, 3.63) is 30.3 Å². The third-order valence-electron chi connectivity index (χ3n) is 1.01.